The highest BCUT2D eigenvalue weighted by Crippen LogP contribution is 2.18. The third-order valence-corrected chi connectivity index (χ3v) is 3.06. The Morgan fingerprint density at radius 2 is 1.72 bits per heavy atom. The van der Waals surface area contributed by atoms with E-state index in [9.17, 15) is 14.7 Å². The molecule has 1 rings (SSSR count). The van der Waals surface area contributed by atoms with Crippen LogP contribution in [0.3, 0.4) is 0 Å². The van der Waals surface area contributed by atoms with Gasteiger partial charge < -0.3 is 10.0 Å². The summed E-state index contributed by atoms with van der Waals surface area (Å²) < 4.78 is 0. The van der Waals surface area contributed by atoms with E-state index >= 15 is 0 Å². The Labute approximate surface area is 107 Å². The smallest absolute Gasteiger partial charge is 0.329 e. The zero-order valence-corrected chi connectivity index (χ0v) is 11.2. The first-order valence-electron chi connectivity index (χ1n) is 5.92. The molecule has 0 aliphatic heterocycles. The molecule has 0 radical (unpaired) electrons. The fourth-order valence-electron chi connectivity index (χ4n) is 1.76. The lowest BCUT2D eigenvalue weighted by molar-refractivity contribution is -0.147. The minimum atomic E-state index is -1.21. The number of carboxylic acid groups (broad SMARTS) is 1. The third-order valence-electron chi connectivity index (χ3n) is 3.06. The van der Waals surface area contributed by atoms with Crippen molar-refractivity contribution in [3.8, 4) is 0 Å². The maximum absolute atomic E-state index is 12.3. The number of rotatable bonds is 4. The van der Waals surface area contributed by atoms with Gasteiger partial charge in [0.05, 0.1) is 0 Å². The average Bonchev–Trinajstić information content (AvgIpc) is 2.30. The molecular formula is C14H19NO3. The van der Waals surface area contributed by atoms with Gasteiger partial charge in [-0.15, -0.1) is 0 Å². The molecule has 0 aromatic heterocycles. The van der Waals surface area contributed by atoms with E-state index in [1.54, 1.807) is 19.1 Å². The quantitative estimate of drug-likeness (QED) is 0.891. The van der Waals surface area contributed by atoms with E-state index in [1.807, 2.05) is 19.1 Å². The van der Waals surface area contributed by atoms with Gasteiger partial charge in [-0.1, -0.05) is 17.7 Å². The van der Waals surface area contributed by atoms with E-state index in [1.165, 1.54) is 18.7 Å². The molecule has 0 spiro atoms. The Morgan fingerprint density at radius 3 is 2.11 bits per heavy atom. The average molecular weight is 249 g/mol. The van der Waals surface area contributed by atoms with Crippen molar-refractivity contribution in [3.63, 3.8) is 0 Å². The molecule has 98 valence electrons. The van der Waals surface area contributed by atoms with Gasteiger partial charge in [-0.2, -0.15) is 0 Å². The Balaban J connectivity index is 3.07. The number of carboxylic acids is 1. The van der Waals surface area contributed by atoms with Crippen LogP contribution in [0.15, 0.2) is 24.3 Å². The number of carbonyl (C=O) groups is 2. The lowest BCUT2D eigenvalue weighted by Gasteiger charge is -2.34. The van der Waals surface area contributed by atoms with Crippen LogP contribution in [-0.4, -0.2) is 34.0 Å². The Morgan fingerprint density at radius 1 is 1.22 bits per heavy atom. The molecule has 1 N–H and O–H groups in total. The van der Waals surface area contributed by atoms with Crippen molar-refractivity contribution in [2.75, 3.05) is 6.54 Å². The van der Waals surface area contributed by atoms with E-state index in [0.717, 1.165) is 5.56 Å². The lowest BCUT2D eigenvalue weighted by atomic mass is 10.0. The van der Waals surface area contributed by atoms with E-state index in [-0.39, 0.29) is 5.91 Å². The van der Waals surface area contributed by atoms with Crippen LogP contribution in [0.1, 0.15) is 36.7 Å². The van der Waals surface area contributed by atoms with Gasteiger partial charge in [0.15, 0.2) is 0 Å². The molecule has 1 aromatic rings. The number of carbonyl (C=O) groups excluding carboxylic acids is 1. The van der Waals surface area contributed by atoms with Crippen LogP contribution in [0.5, 0.6) is 0 Å². The van der Waals surface area contributed by atoms with Gasteiger partial charge in [-0.3, -0.25) is 4.79 Å². The molecule has 4 nitrogen and oxygen atoms in total. The number of benzene rings is 1. The SMILES string of the molecule is CCN(C(=O)c1ccc(C)cc1)C(C)(C)C(=O)O. The molecule has 0 fully saturated rings. The van der Waals surface area contributed by atoms with E-state index in [0.29, 0.717) is 12.1 Å². The monoisotopic (exact) mass is 249 g/mol. The van der Waals surface area contributed by atoms with Crippen LogP contribution in [0.4, 0.5) is 0 Å². The van der Waals surface area contributed by atoms with Crippen LogP contribution >= 0.6 is 0 Å². The maximum atomic E-state index is 12.3. The zero-order valence-electron chi connectivity index (χ0n) is 11.2. The van der Waals surface area contributed by atoms with Gasteiger partial charge in [0, 0.05) is 12.1 Å². The van der Waals surface area contributed by atoms with Gasteiger partial charge in [-0.25, -0.2) is 4.79 Å². The number of likely N-dealkylation sites (N-methyl/N-ethyl adjacent to an activating group) is 1. The third kappa shape index (κ3) is 2.70. The summed E-state index contributed by atoms with van der Waals surface area (Å²) in [6, 6.07) is 7.13. The van der Waals surface area contributed by atoms with Gasteiger partial charge in [-0.05, 0) is 39.8 Å². The van der Waals surface area contributed by atoms with Gasteiger partial charge in [0.1, 0.15) is 5.54 Å². The number of aryl methyl sites for hydroxylation is 1. The first-order valence-corrected chi connectivity index (χ1v) is 5.92. The van der Waals surface area contributed by atoms with Crippen LogP contribution in [0, 0.1) is 6.92 Å². The van der Waals surface area contributed by atoms with Crippen molar-refractivity contribution >= 4 is 11.9 Å². The summed E-state index contributed by atoms with van der Waals surface area (Å²) >= 11 is 0. The van der Waals surface area contributed by atoms with Gasteiger partial charge in [0.25, 0.3) is 5.91 Å². The molecule has 0 heterocycles. The molecule has 0 unspecified atom stereocenters. The normalized spacial score (nSPS) is 11.1. The molecule has 0 aliphatic rings. The summed E-state index contributed by atoms with van der Waals surface area (Å²) in [6.45, 7) is 7.13. The summed E-state index contributed by atoms with van der Waals surface area (Å²) in [5.41, 5.74) is 0.361. The number of aliphatic carboxylic acids is 1. The second-order valence-electron chi connectivity index (χ2n) is 4.78. The zero-order chi connectivity index (χ0) is 13.9. The maximum Gasteiger partial charge on any atom is 0.329 e. The molecule has 0 atom stereocenters. The number of hydrogen-bond acceptors (Lipinski definition) is 2. The number of nitrogens with zero attached hydrogens (tertiary/aromatic N) is 1. The minimum absolute atomic E-state index is 0.259. The Bertz CT molecular complexity index is 449. The fraction of sp³-hybridized carbons (Fsp3) is 0.429. The molecular weight excluding hydrogens is 230 g/mol. The predicted octanol–water partition coefficient (Wildman–Crippen LogP) is 2.32. The molecule has 0 saturated heterocycles. The van der Waals surface area contributed by atoms with E-state index in [2.05, 4.69) is 0 Å². The summed E-state index contributed by atoms with van der Waals surface area (Å²) in [5, 5.41) is 9.19. The molecule has 0 aliphatic carbocycles. The van der Waals surface area contributed by atoms with Crippen LogP contribution in [-0.2, 0) is 4.79 Å². The first kappa shape index (κ1) is 14.2. The molecule has 1 aromatic carbocycles. The van der Waals surface area contributed by atoms with Gasteiger partial charge >= 0.3 is 5.97 Å². The van der Waals surface area contributed by atoms with Crippen molar-refractivity contribution in [1.82, 2.24) is 4.90 Å². The second-order valence-corrected chi connectivity index (χ2v) is 4.78. The Kier molecular flexibility index (Phi) is 4.11. The van der Waals surface area contributed by atoms with Crippen molar-refractivity contribution in [1.29, 1.82) is 0 Å². The van der Waals surface area contributed by atoms with Crippen molar-refractivity contribution < 1.29 is 14.7 Å². The lowest BCUT2D eigenvalue weighted by Crippen LogP contribution is -2.52. The van der Waals surface area contributed by atoms with Crippen LogP contribution < -0.4 is 0 Å². The summed E-state index contributed by atoms with van der Waals surface area (Å²) in [6.07, 6.45) is 0. The van der Waals surface area contributed by atoms with Crippen LogP contribution in [0.25, 0.3) is 0 Å². The van der Waals surface area contributed by atoms with E-state index in [4.69, 9.17) is 0 Å². The predicted molar refractivity (Wildman–Crippen MR) is 69.6 cm³/mol. The summed E-state index contributed by atoms with van der Waals surface area (Å²) in [7, 11) is 0. The van der Waals surface area contributed by atoms with Gasteiger partial charge in [0.2, 0.25) is 0 Å². The minimum Gasteiger partial charge on any atom is -0.480 e. The Hall–Kier alpha value is -1.84. The second kappa shape index (κ2) is 5.21. The highest BCUT2D eigenvalue weighted by molar-refractivity contribution is 5.97. The van der Waals surface area contributed by atoms with Crippen molar-refractivity contribution in [2.24, 2.45) is 0 Å². The highest BCUT2D eigenvalue weighted by atomic mass is 16.4. The van der Waals surface area contributed by atoms with Crippen molar-refractivity contribution in [2.45, 2.75) is 33.2 Å². The molecule has 4 heteroatoms. The topological polar surface area (TPSA) is 57.6 Å². The number of amides is 1. The highest BCUT2D eigenvalue weighted by Gasteiger charge is 2.37. The molecule has 0 saturated carbocycles. The molecule has 18 heavy (non-hydrogen) atoms. The molecule has 1 amide bonds. The fourth-order valence-corrected chi connectivity index (χ4v) is 1.76. The first-order chi connectivity index (χ1) is 8.30. The van der Waals surface area contributed by atoms with Crippen LogP contribution in [0.2, 0.25) is 0 Å². The van der Waals surface area contributed by atoms with E-state index < -0.39 is 11.5 Å². The molecule has 0 bridgehead atoms. The summed E-state index contributed by atoms with van der Waals surface area (Å²) in [5.74, 6) is -1.27. The largest absolute Gasteiger partial charge is 0.480 e. The summed E-state index contributed by atoms with van der Waals surface area (Å²) in [4.78, 5) is 24.9. The number of hydrogen-bond donors (Lipinski definition) is 1. The standard InChI is InChI=1S/C14H19NO3/c1-5-15(14(3,4)13(17)18)12(16)11-8-6-10(2)7-9-11/h6-9H,5H2,1-4H3,(H,17,18). The van der Waals surface area contributed by atoms with Crippen molar-refractivity contribution in [3.05, 3.63) is 35.4 Å².